The van der Waals surface area contributed by atoms with Gasteiger partial charge in [-0.25, -0.2) is 4.39 Å². The SMILES string of the molecule is C=CC(F)=C(C=CNC(=O)C1CCCN1C(C)=O)C1(C)CCSC(N)=N1. The molecule has 26 heavy (non-hydrogen) atoms. The predicted octanol–water partition coefficient (Wildman–Crippen LogP) is 2.25. The number of rotatable bonds is 5. The van der Waals surface area contributed by atoms with Gasteiger partial charge in [-0.05, 0) is 38.3 Å². The molecule has 1 saturated heterocycles. The Morgan fingerprint density at radius 1 is 1.54 bits per heavy atom. The number of likely N-dealkylation sites (tertiary alicyclic amines) is 1. The average Bonchev–Trinajstić information content (AvgIpc) is 3.07. The Hall–Kier alpha value is -2.09. The zero-order valence-electron chi connectivity index (χ0n) is 15.1. The van der Waals surface area contributed by atoms with E-state index in [-0.39, 0.29) is 11.8 Å². The van der Waals surface area contributed by atoms with E-state index in [0.29, 0.717) is 30.1 Å². The molecule has 6 nitrogen and oxygen atoms in total. The molecule has 2 atom stereocenters. The highest BCUT2D eigenvalue weighted by Gasteiger charge is 2.33. The summed E-state index contributed by atoms with van der Waals surface area (Å²) >= 11 is 1.43. The van der Waals surface area contributed by atoms with Crippen molar-refractivity contribution in [2.75, 3.05) is 12.3 Å². The van der Waals surface area contributed by atoms with Gasteiger partial charge < -0.3 is 16.0 Å². The smallest absolute Gasteiger partial charge is 0.246 e. The van der Waals surface area contributed by atoms with Crippen LogP contribution < -0.4 is 11.1 Å². The highest BCUT2D eigenvalue weighted by molar-refractivity contribution is 8.13. The Bertz CT molecular complexity index is 689. The maximum atomic E-state index is 14.4. The number of nitrogens with two attached hydrogens (primary N) is 1. The number of carbonyl (C=O) groups is 2. The van der Waals surface area contributed by atoms with Gasteiger partial charge in [0, 0.05) is 31.0 Å². The van der Waals surface area contributed by atoms with Gasteiger partial charge in [-0.1, -0.05) is 18.3 Å². The summed E-state index contributed by atoms with van der Waals surface area (Å²) in [6, 6.07) is -0.482. The number of hydrogen-bond donors (Lipinski definition) is 2. The fourth-order valence-corrected chi connectivity index (χ4v) is 4.20. The number of aliphatic imine (C=N–C) groups is 1. The summed E-state index contributed by atoms with van der Waals surface area (Å²) in [5.41, 5.74) is 5.30. The van der Waals surface area contributed by atoms with Gasteiger partial charge in [-0.2, -0.15) is 0 Å². The molecule has 0 aromatic rings. The molecule has 8 heteroatoms. The lowest BCUT2D eigenvalue weighted by Gasteiger charge is -2.30. The number of hydrogen-bond acceptors (Lipinski definition) is 5. The number of amidine groups is 1. The van der Waals surface area contributed by atoms with Crippen molar-refractivity contribution in [1.29, 1.82) is 0 Å². The van der Waals surface area contributed by atoms with Crippen molar-refractivity contribution in [3.8, 4) is 0 Å². The van der Waals surface area contributed by atoms with E-state index in [1.54, 1.807) is 11.8 Å². The molecule has 2 aliphatic rings. The third kappa shape index (κ3) is 4.55. The topological polar surface area (TPSA) is 87.8 Å². The van der Waals surface area contributed by atoms with E-state index in [2.05, 4.69) is 16.9 Å². The largest absolute Gasteiger partial charge is 0.379 e. The van der Waals surface area contributed by atoms with Crippen LogP contribution in [0.4, 0.5) is 4.39 Å². The first-order valence-corrected chi connectivity index (χ1v) is 9.52. The molecule has 0 saturated carbocycles. The van der Waals surface area contributed by atoms with Crippen molar-refractivity contribution in [2.45, 2.75) is 44.7 Å². The van der Waals surface area contributed by atoms with Crippen LogP contribution in [0.3, 0.4) is 0 Å². The third-order valence-corrected chi connectivity index (χ3v) is 5.44. The molecule has 0 spiro atoms. The molecular formula is C18H25FN4O2S. The highest BCUT2D eigenvalue weighted by atomic mass is 32.2. The first-order chi connectivity index (χ1) is 12.3. The number of nitrogens with one attached hydrogen (secondary N) is 1. The fraction of sp³-hybridized carbons (Fsp3) is 0.500. The van der Waals surface area contributed by atoms with E-state index in [1.165, 1.54) is 31.0 Å². The lowest BCUT2D eigenvalue weighted by Crippen LogP contribution is -2.43. The Morgan fingerprint density at radius 3 is 2.88 bits per heavy atom. The molecule has 2 rings (SSSR count). The highest BCUT2D eigenvalue weighted by Crippen LogP contribution is 2.35. The molecule has 0 radical (unpaired) electrons. The first-order valence-electron chi connectivity index (χ1n) is 8.53. The van der Waals surface area contributed by atoms with Crippen LogP contribution in [0.5, 0.6) is 0 Å². The monoisotopic (exact) mass is 380 g/mol. The molecule has 2 aliphatic heterocycles. The van der Waals surface area contributed by atoms with Gasteiger partial charge >= 0.3 is 0 Å². The van der Waals surface area contributed by atoms with E-state index in [0.717, 1.165) is 18.2 Å². The molecule has 0 aromatic heterocycles. The second-order valence-electron chi connectivity index (χ2n) is 6.50. The minimum Gasteiger partial charge on any atom is -0.379 e. The van der Waals surface area contributed by atoms with Gasteiger partial charge in [0.15, 0.2) is 5.17 Å². The lowest BCUT2D eigenvalue weighted by atomic mass is 9.88. The van der Waals surface area contributed by atoms with Crippen molar-refractivity contribution < 1.29 is 14.0 Å². The van der Waals surface area contributed by atoms with E-state index < -0.39 is 17.4 Å². The van der Waals surface area contributed by atoms with Crippen LogP contribution in [-0.2, 0) is 9.59 Å². The van der Waals surface area contributed by atoms with Crippen LogP contribution in [0, 0.1) is 0 Å². The molecule has 2 amide bonds. The van der Waals surface area contributed by atoms with Gasteiger partial charge in [-0.15, -0.1) is 0 Å². The van der Waals surface area contributed by atoms with Gasteiger partial charge in [0.25, 0.3) is 0 Å². The summed E-state index contributed by atoms with van der Waals surface area (Å²) in [5.74, 6) is -0.176. The van der Waals surface area contributed by atoms with Crippen LogP contribution in [-0.4, -0.2) is 45.8 Å². The van der Waals surface area contributed by atoms with Crippen molar-refractivity contribution in [1.82, 2.24) is 10.2 Å². The predicted molar refractivity (Wildman–Crippen MR) is 103 cm³/mol. The number of nitrogens with zero attached hydrogens (tertiary/aromatic N) is 2. The second kappa shape index (κ2) is 8.53. The van der Waals surface area contributed by atoms with E-state index in [9.17, 15) is 14.0 Å². The Morgan fingerprint density at radius 2 is 2.27 bits per heavy atom. The first kappa shape index (κ1) is 20.2. The minimum absolute atomic E-state index is 0.123. The van der Waals surface area contributed by atoms with Crippen LogP contribution in [0.25, 0.3) is 0 Å². The van der Waals surface area contributed by atoms with Gasteiger partial charge in [0.1, 0.15) is 11.9 Å². The van der Waals surface area contributed by atoms with E-state index >= 15 is 0 Å². The van der Waals surface area contributed by atoms with Crippen LogP contribution in [0.15, 0.2) is 41.3 Å². The Labute approximate surface area is 157 Å². The van der Waals surface area contributed by atoms with Crippen molar-refractivity contribution in [3.05, 3.63) is 36.3 Å². The quantitative estimate of drug-likeness (QED) is 0.716. The molecule has 1 fully saturated rings. The normalized spacial score (nSPS) is 27.1. The molecule has 0 aromatic carbocycles. The number of thioether (sulfide) groups is 1. The van der Waals surface area contributed by atoms with Crippen molar-refractivity contribution >= 4 is 28.7 Å². The molecule has 0 bridgehead atoms. The van der Waals surface area contributed by atoms with Crippen LogP contribution in [0.2, 0.25) is 0 Å². The summed E-state index contributed by atoms with van der Waals surface area (Å²) in [5, 5.41) is 3.06. The van der Waals surface area contributed by atoms with Gasteiger partial charge in [-0.3, -0.25) is 14.6 Å². The number of halogens is 1. The van der Waals surface area contributed by atoms with Gasteiger partial charge in [0.2, 0.25) is 11.8 Å². The maximum absolute atomic E-state index is 14.4. The standard InChI is InChI=1S/C18H25FN4O2S/c1-4-14(19)13(18(3)8-11-26-17(20)22-18)7-9-21-16(25)15-6-5-10-23(15)12(2)24/h4,7,9,15H,1,5-6,8,10-11H2,2-3H3,(H2,20,22)(H,21,25). The number of carbonyl (C=O) groups excluding carboxylic acids is 2. The molecule has 2 unspecified atom stereocenters. The summed E-state index contributed by atoms with van der Waals surface area (Å²) < 4.78 is 14.4. The molecule has 2 heterocycles. The summed E-state index contributed by atoms with van der Waals surface area (Å²) in [4.78, 5) is 29.9. The second-order valence-corrected chi connectivity index (χ2v) is 7.62. The molecule has 142 valence electrons. The van der Waals surface area contributed by atoms with E-state index in [4.69, 9.17) is 5.73 Å². The zero-order valence-corrected chi connectivity index (χ0v) is 15.9. The van der Waals surface area contributed by atoms with Crippen LogP contribution >= 0.6 is 11.8 Å². The summed E-state index contributed by atoms with van der Waals surface area (Å²) in [7, 11) is 0. The number of allylic oxidation sites excluding steroid dienone is 2. The maximum Gasteiger partial charge on any atom is 0.246 e. The fourth-order valence-electron chi connectivity index (χ4n) is 3.23. The van der Waals surface area contributed by atoms with Crippen molar-refractivity contribution in [3.63, 3.8) is 0 Å². The number of amides is 2. The lowest BCUT2D eigenvalue weighted by molar-refractivity contribution is -0.136. The molecule has 3 N–H and O–H groups in total. The van der Waals surface area contributed by atoms with Crippen LogP contribution in [0.1, 0.15) is 33.1 Å². The zero-order chi connectivity index (χ0) is 19.3. The minimum atomic E-state index is -0.812. The summed E-state index contributed by atoms with van der Waals surface area (Å²) in [6.07, 6.45) is 6.05. The molecule has 0 aliphatic carbocycles. The van der Waals surface area contributed by atoms with E-state index in [1.807, 2.05) is 0 Å². The molecular weight excluding hydrogens is 355 g/mol. The Kier molecular flexibility index (Phi) is 6.63. The van der Waals surface area contributed by atoms with Gasteiger partial charge in [0.05, 0.1) is 5.54 Å². The summed E-state index contributed by atoms with van der Waals surface area (Å²) in [6.45, 7) is 7.31. The third-order valence-electron chi connectivity index (χ3n) is 4.65. The Balaban J connectivity index is 2.15. The average molecular weight is 380 g/mol. The van der Waals surface area contributed by atoms with Crippen molar-refractivity contribution in [2.24, 2.45) is 10.7 Å².